The number of carbonyl (C=O) groups is 3. The summed E-state index contributed by atoms with van der Waals surface area (Å²) in [5.41, 5.74) is 9.00. The standard InChI is InChI=1S/C24H23N3O5/c25-23(30)26-20-8-4-7-19(14-20)18-11-9-16(10-12-18)13-21(22(28)29)27-24(31)32-15-17-5-2-1-3-6-17/h1-12,14,21H,13,15H2,(H,27,31)(H,28,29)(H3,25,26,30)/t21-/m0/s1. The first-order chi connectivity index (χ1) is 15.4. The van der Waals surface area contributed by atoms with Crippen LogP contribution >= 0.6 is 0 Å². The van der Waals surface area contributed by atoms with Crippen LogP contribution in [0.1, 0.15) is 11.1 Å². The van der Waals surface area contributed by atoms with E-state index in [9.17, 15) is 19.5 Å². The van der Waals surface area contributed by atoms with Crippen molar-refractivity contribution in [1.29, 1.82) is 0 Å². The molecule has 5 N–H and O–H groups in total. The molecule has 8 heteroatoms. The number of urea groups is 1. The third-order valence-electron chi connectivity index (χ3n) is 4.66. The van der Waals surface area contributed by atoms with Crippen LogP contribution in [-0.2, 0) is 22.6 Å². The molecule has 3 rings (SSSR count). The van der Waals surface area contributed by atoms with Gasteiger partial charge in [-0.15, -0.1) is 0 Å². The number of anilines is 1. The third-order valence-corrected chi connectivity index (χ3v) is 4.66. The summed E-state index contributed by atoms with van der Waals surface area (Å²) < 4.78 is 5.11. The zero-order valence-electron chi connectivity index (χ0n) is 17.2. The van der Waals surface area contributed by atoms with Crippen LogP contribution in [0, 0.1) is 0 Å². The van der Waals surface area contributed by atoms with Crippen molar-refractivity contribution >= 4 is 23.8 Å². The summed E-state index contributed by atoms with van der Waals surface area (Å²) in [5.74, 6) is -1.16. The molecule has 0 saturated heterocycles. The minimum Gasteiger partial charge on any atom is -0.480 e. The smallest absolute Gasteiger partial charge is 0.408 e. The summed E-state index contributed by atoms with van der Waals surface area (Å²) >= 11 is 0. The SMILES string of the molecule is NC(=O)Nc1cccc(-c2ccc(C[C@H](NC(=O)OCc3ccccc3)C(=O)O)cc2)c1. The van der Waals surface area contributed by atoms with Crippen LogP contribution in [0.15, 0.2) is 78.9 Å². The normalized spacial score (nSPS) is 11.2. The Bertz CT molecular complexity index is 1080. The van der Waals surface area contributed by atoms with E-state index >= 15 is 0 Å². The summed E-state index contributed by atoms with van der Waals surface area (Å²) in [6.45, 7) is 0.0530. The van der Waals surface area contributed by atoms with Gasteiger partial charge in [0.05, 0.1) is 0 Å². The van der Waals surface area contributed by atoms with Gasteiger partial charge in [-0.1, -0.05) is 66.7 Å². The molecule has 3 aromatic rings. The predicted molar refractivity (Wildman–Crippen MR) is 120 cm³/mol. The Morgan fingerprint density at radius 3 is 2.25 bits per heavy atom. The van der Waals surface area contributed by atoms with Gasteiger partial charge >= 0.3 is 18.1 Å². The molecule has 3 aromatic carbocycles. The van der Waals surface area contributed by atoms with E-state index in [0.29, 0.717) is 5.69 Å². The third kappa shape index (κ3) is 6.60. The fraction of sp³-hybridized carbons (Fsp3) is 0.125. The molecule has 0 aliphatic rings. The number of carboxylic acid groups (broad SMARTS) is 1. The predicted octanol–water partition coefficient (Wildman–Crippen LogP) is 3.77. The first kappa shape index (κ1) is 22.4. The van der Waals surface area contributed by atoms with Crippen molar-refractivity contribution in [2.45, 2.75) is 19.1 Å². The summed E-state index contributed by atoms with van der Waals surface area (Å²) in [6, 6.07) is 21.8. The molecule has 3 amide bonds. The van der Waals surface area contributed by atoms with Gasteiger partial charge in [0.1, 0.15) is 12.6 Å². The van der Waals surface area contributed by atoms with Crippen molar-refractivity contribution in [1.82, 2.24) is 5.32 Å². The van der Waals surface area contributed by atoms with E-state index in [4.69, 9.17) is 10.5 Å². The van der Waals surface area contributed by atoms with Crippen LogP contribution in [0.3, 0.4) is 0 Å². The van der Waals surface area contributed by atoms with E-state index in [1.165, 1.54) is 0 Å². The molecule has 0 aliphatic heterocycles. The van der Waals surface area contributed by atoms with Crippen molar-refractivity contribution in [2.75, 3.05) is 5.32 Å². The number of hydrogen-bond donors (Lipinski definition) is 4. The van der Waals surface area contributed by atoms with Crippen LogP contribution in [-0.4, -0.2) is 29.2 Å². The Hall–Kier alpha value is -4.33. The fourth-order valence-electron chi connectivity index (χ4n) is 3.09. The second kappa shape index (κ2) is 10.6. The number of benzene rings is 3. The molecule has 0 fully saturated rings. The van der Waals surface area contributed by atoms with E-state index in [0.717, 1.165) is 22.3 Å². The maximum atomic E-state index is 12.0. The second-order valence-corrected chi connectivity index (χ2v) is 7.07. The maximum absolute atomic E-state index is 12.0. The number of nitrogens with two attached hydrogens (primary N) is 1. The lowest BCUT2D eigenvalue weighted by atomic mass is 10.0. The quantitative estimate of drug-likeness (QED) is 0.430. The topological polar surface area (TPSA) is 131 Å². The van der Waals surface area contributed by atoms with Gasteiger partial charge in [-0.2, -0.15) is 0 Å². The lowest BCUT2D eigenvalue weighted by molar-refractivity contribution is -0.139. The number of nitrogens with one attached hydrogen (secondary N) is 2. The van der Waals surface area contributed by atoms with Crippen molar-refractivity contribution in [2.24, 2.45) is 5.73 Å². The Morgan fingerprint density at radius 1 is 0.875 bits per heavy atom. The minimum atomic E-state index is -1.16. The van der Waals surface area contributed by atoms with Crippen molar-refractivity contribution in [3.8, 4) is 11.1 Å². The number of carboxylic acids is 1. The molecule has 0 radical (unpaired) electrons. The molecule has 8 nitrogen and oxygen atoms in total. The van der Waals surface area contributed by atoms with E-state index in [1.54, 1.807) is 30.3 Å². The zero-order valence-corrected chi connectivity index (χ0v) is 17.2. The summed E-state index contributed by atoms with van der Waals surface area (Å²) in [4.78, 5) is 34.7. The fourth-order valence-corrected chi connectivity index (χ4v) is 3.09. The van der Waals surface area contributed by atoms with E-state index in [1.807, 2.05) is 48.5 Å². The average Bonchev–Trinajstić information content (AvgIpc) is 2.78. The average molecular weight is 433 g/mol. The summed E-state index contributed by atoms with van der Waals surface area (Å²) in [6.07, 6.45) is -0.698. The van der Waals surface area contributed by atoms with Crippen molar-refractivity contribution in [3.05, 3.63) is 90.0 Å². The molecular weight excluding hydrogens is 410 g/mol. The van der Waals surface area contributed by atoms with E-state index in [-0.39, 0.29) is 13.0 Å². The van der Waals surface area contributed by atoms with Gasteiger partial charge in [0, 0.05) is 12.1 Å². The van der Waals surface area contributed by atoms with Crippen molar-refractivity contribution in [3.63, 3.8) is 0 Å². The maximum Gasteiger partial charge on any atom is 0.408 e. The Balaban J connectivity index is 1.61. The molecule has 0 heterocycles. The van der Waals surface area contributed by atoms with Crippen LogP contribution in [0.25, 0.3) is 11.1 Å². The molecule has 0 unspecified atom stereocenters. The molecule has 32 heavy (non-hydrogen) atoms. The number of primary amides is 1. The number of alkyl carbamates (subject to hydrolysis) is 1. The van der Waals surface area contributed by atoms with Crippen LogP contribution in [0.4, 0.5) is 15.3 Å². The minimum absolute atomic E-state index is 0.0530. The van der Waals surface area contributed by atoms with Gasteiger partial charge in [0.15, 0.2) is 0 Å². The molecular formula is C24H23N3O5. The molecule has 0 spiro atoms. The largest absolute Gasteiger partial charge is 0.480 e. The summed E-state index contributed by atoms with van der Waals surface area (Å²) in [5, 5.41) is 14.4. The molecule has 164 valence electrons. The highest BCUT2D eigenvalue weighted by atomic mass is 16.5. The number of carbonyl (C=O) groups excluding carboxylic acids is 2. The number of ether oxygens (including phenoxy) is 1. The monoisotopic (exact) mass is 433 g/mol. The first-order valence-electron chi connectivity index (χ1n) is 9.86. The van der Waals surface area contributed by atoms with Crippen molar-refractivity contribution < 1.29 is 24.2 Å². The number of hydrogen-bond acceptors (Lipinski definition) is 4. The van der Waals surface area contributed by atoms with Crippen LogP contribution in [0.2, 0.25) is 0 Å². The van der Waals surface area contributed by atoms with Gasteiger partial charge in [0.2, 0.25) is 0 Å². The highest BCUT2D eigenvalue weighted by Crippen LogP contribution is 2.23. The molecule has 0 aromatic heterocycles. The van der Waals surface area contributed by atoms with Crippen LogP contribution < -0.4 is 16.4 Å². The molecule has 1 atom stereocenters. The van der Waals surface area contributed by atoms with Gasteiger partial charge in [-0.05, 0) is 34.4 Å². The lowest BCUT2D eigenvalue weighted by Crippen LogP contribution is -2.42. The number of rotatable bonds is 8. The van der Waals surface area contributed by atoms with Crippen LogP contribution in [0.5, 0.6) is 0 Å². The second-order valence-electron chi connectivity index (χ2n) is 7.07. The highest BCUT2D eigenvalue weighted by molar-refractivity contribution is 5.88. The van der Waals surface area contributed by atoms with E-state index in [2.05, 4.69) is 10.6 Å². The lowest BCUT2D eigenvalue weighted by Gasteiger charge is -2.15. The highest BCUT2D eigenvalue weighted by Gasteiger charge is 2.21. The Kier molecular flexibility index (Phi) is 7.42. The molecule has 0 saturated carbocycles. The van der Waals surface area contributed by atoms with Gasteiger partial charge in [0.25, 0.3) is 0 Å². The first-order valence-corrected chi connectivity index (χ1v) is 9.86. The molecule has 0 aliphatic carbocycles. The van der Waals surface area contributed by atoms with Gasteiger partial charge in [-0.25, -0.2) is 14.4 Å². The number of amides is 3. The van der Waals surface area contributed by atoms with Gasteiger partial charge < -0.3 is 26.2 Å². The number of aliphatic carboxylic acids is 1. The summed E-state index contributed by atoms with van der Waals surface area (Å²) in [7, 11) is 0. The molecule has 0 bridgehead atoms. The Morgan fingerprint density at radius 2 is 1.59 bits per heavy atom. The van der Waals surface area contributed by atoms with E-state index < -0.39 is 24.1 Å². The van der Waals surface area contributed by atoms with Gasteiger partial charge in [-0.3, -0.25) is 0 Å². The zero-order chi connectivity index (χ0) is 22.9. The Labute approximate surface area is 185 Å².